The second-order valence-corrected chi connectivity index (χ2v) is 5.37. The van der Waals surface area contributed by atoms with E-state index >= 15 is 0 Å². The molecule has 0 saturated carbocycles. The van der Waals surface area contributed by atoms with E-state index in [2.05, 4.69) is 4.98 Å². The molecule has 2 aromatic rings. The zero-order valence-corrected chi connectivity index (χ0v) is 14.5. The number of hydrogen-bond acceptors (Lipinski definition) is 5. The van der Waals surface area contributed by atoms with Crippen LogP contribution in [0.3, 0.4) is 0 Å². The summed E-state index contributed by atoms with van der Waals surface area (Å²) < 4.78 is 10.1. The van der Waals surface area contributed by atoms with Gasteiger partial charge in [-0.15, -0.1) is 0 Å². The fourth-order valence-corrected chi connectivity index (χ4v) is 2.34. The van der Waals surface area contributed by atoms with Crippen molar-refractivity contribution in [2.45, 2.75) is 19.9 Å². The molecule has 6 heteroatoms. The highest BCUT2D eigenvalue weighted by molar-refractivity contribution is 5.94. The number of methoxy groups -OCH3 is 1. The summed E-state index contributed by atoms with van der Waals surface area (Å²) in [4.78, 5) is 30.1. The lowest BCUT2D eigenvalue weighted by Crippen LogP contribution is -2.33. The first-order chi connectivity index (χ1) is 12.1. The molecule has 0 saturated heterocycles. The number of benzene rings is 1. The van der Waals surface area contributed by atoms with Crippen molar-refractivity contribution in [2.75, 3.05) is 20.3 Å². The predicted molar refractivity (Wildman–Crippen MR) is 93.2 cm³/mol. The molecule has 0 bridgehead atoms. The van der Waals surface area contributed by atoms with Crippen LogP contribution in [-0.4, -0.2) is 42.0 Å². The highest BCUT2D eigenvalue weighted by Gasteiger charge is 2.18. The van der Waals surface area contributed by atoms with E-state index in [1.807, 2.05) is 12.1 Å². The molecular weight excluding hydrogens is 320 g/mol. The van der Waals surface area contributed by atoms with Crippen molar-refractivity contribution in [1.82, 2.24) is 9.88 Å². The molecule has 1 aromatic heterocycles. The molecule has 0 aliphatic rings. The van der Waals surface area contributed by atoms with E-state index in [9.17, 15) is 9.59 Å². The molecule has 0 aliphatic heterocycles. The van der Waals surface area contributed by atoms with Crippen molar-refractivity contribution in [3.05, 3.63) is 59.9 Å². The second-order valence-electron chi connectivity index (χ2n) is 5.37. The van der Waals surface area contributed by atoms with Gasteiger partial charge in [0.1, 0.15) is 5.75 Å². The number of esters is 1. The standard InChI is InChI=1S/C19H22N2O4/c1-3-25-18(22)10-13-21(14-15-8-11-20-12-9-15)19(23)16-4-6-17(24-2)7-5-16/h4-9,11-12H,3,10,13-14H2,1-2H3. The van der Waals surface area contributed by atoms with Gasteiger partial charge in [-0.1, -0.05) is 0 Å². The largest absolute Gasteiger partial charge is 0.497 e. The first-order valence-electron chi connectivity index (χ1n) is 8.12. The van der Waals surface area contributed by atoms with E-state index in [1.54, 1.807) is 55.6 Å². The van der Waals surface area contributed by atoms with Gasteiger partial charge < -0.3 is 14.4 Å². The lowest BCUT2D eigenvalue weighted by Gasteiger charge is -2.22. The molecule has 1 amide bonds. The molecule has 0 atom stereocenters. The minimum atomic E-state index is -0.315. The van der Waals surface area contributed by atoms with Gasteiger partial charge in [0.2, 0.25) is 0 Å². The third kappa shape index (κ3) is 5.60. The molecule has 0 fully saturated rings. The molecule has 132 valence electrons. The van der Waals surface area contributed by atoms with E-state index in [4.69, 9.17) is 9.47 Å². The van der Waals surface area contributed by atoms with Crippen molar-refractivity contribution >= 4 is 11.9 Å². The second kappa shape index (κ2) is 9.42. The number of rotatable bonds is 8. The van der Waals surface area contributed by atoms with Gasteiger partial charge in [0, 0.05) is 31.0 Å². The number of carbonyl (C=O) groups is 2. The Hall–Kier alpha value is -2.89. The Morgan fingerprint density at radius 2 is 1.76 bits per heavy atom. The topological polar surface area (TPSA) is 68.7 Å². The van der Waals surface area contributed by atoms with E-state index in [0.717, 1.165) is 5.56 Å². The summed E-state index contributed by atoms with van der Waals surface area (Å²) in [5.41, 5.74) is 1.49. The van der Waals surface area contributed by atoms with E-state index in [-0.39, 0.29) is 24.8 Å². The summed E-state index contributed by atoms with van der Waals surface area (Å²) in [6, 6.07) is 10.6. The number of amides is 1. The van der Waals surface area contributed by atoms with Crippen LogP contribution in [0.25, 0.3) is 0 Å². The fraction of sp³-hybridized carbons (Fsp3) is 0.316. The van der Waals surface area contributed by atoms with Gasteiger partial charge >= 0.3 is 5.97 Å². The molecule has 2 rings (SSSR count). The van der Waals surface area contributed by atoms with E-state index < -0.39 is 0 Å². The van der Waals surface area contributed by atoms with Crippen LogP contribution in [0.2, 0.25) is 0 Å². The first kappa shape index (κ1) is 18.4. The summed E-state index contributed by atoms with van der Waals surface area (Å²) >= 11 is 0. The van der Waals surface area contributed by atoms with Crippen molar-refractivity contribution in [1.29, 1.82) is 0 Å². The predicted octanol–water partition coefficient (Wildman–Crippen LogP) is 2.69. The molecule has 1 heterocycles. The van der Waals surface area contributed by atoms with Crippen LogP contribution >= 0.6 is 0 Å². The van der Waals surface area contributed by atoms with Crippen molar-refractivity contribution in [2.24, 2.45) is 0 Å². The minimum absolute atomic E-state index is 0.149. The van der Waals surface area contributed by atoms with Gasteiger partial charge in [-0.05, 0) is 48.9 Å². The van der Waals surface area contributed by atoms with Gasteiger partial charge in [0.05, 0.1) is 20.1 Å². The summed E-state index contributed by atoms with van der Waals surface area (Å²) in [6.45, 7) is 2.77. The summed E-state index contributed by atoms with van der Waals surface area (Å²) in [7, 11) is 1.58. The Labute approximate surface area is 147 Å². The van der Waals surface area contributed by atoms with Gasteiger partial charge in [-0.3, -0.25) is 14.6 Å². The zero-order chi connectivity index (χ0) is 18.1. The Bertz CT molecular complexity index is 686. The van der Waals surface area contributed by atoms with E-state index in [1.165, 1.54) is 0 Å². The molecule has 0 unspecified atom stereocenters. The third-order valence-electron chi connectivity index (χ3n) is 3.64. The molecule has 6 nitrogen and oxygen atoms in total. The van der Waals surface area contributed by atoms with Crippen LogP contribution in [0.15, 0.2) is 48.8 Å². The van der Waals surface area contributed by atoms with Gasteiger partial charge in [-0.2, -0.15) is 0 Å². The van der Waals surface area contributed by atoms with Crippen molar-refractivity contribution in [3.8, 4) is 5.75 Å². The maximum Gasteiger partial charge on any atom is 0.307 e. The maximum absolute atomic E-state index is 12.8. The highest BCUT2D eigenvalue weighted by Crippen LogP contribution is 2.15. The Morgan fingerprint density at radius 1 is 1.08 bits per heavy atom. The lowest BCUT2D eigenvalue weighted by atomic mass is 10.1. The summed E-state index contributed by atoms with van der Waals surface area (Å²) in [5.74, 6) is 0.220. The van der Waals surface area contributed by atoms with Crippen LogP contribution in [0.5, 0.6) is 5.75 Å². The Kier molecular flexibility index (Phi) is 6.95. The average Bonchev–Trinajstić information content (AvgIpc) is 2.65. The number of aromatic nitrogens is 1. The quantitative estimate of drug-likeness (QED) is 0.690. The van der Waals surface area contributed by atoms with Gasteiger partial charge in [-0.25, -0.2) is 0 Å². The molecule has 0 radical (unpaired) electrons. The average molecular weight is 342 g/mol. The normalized spacial score (nSPS) is 10.2. The number of ether oxygens (including phenoxy) is 2. The molecule has 0 N–H and O–H groups in total. The minimum Gasteiger partial charge on any atom is -0.497 e. The summed E-state index contributed by atoms with van der Waals surface area (Å²) in [5, 5.41) is 0. The summed E-state index contributed by atoms with van der Waals surface area (Å²) in [6.07, 6.45) is 3.51. The van der Waals surface area contributed by atoms with Gasteiger partial charge in [0.15, 0.2) is 0 Å². The van der Waals surface area contributed by atoms with Crippen LogP contribution < -0.4 is 4.74 Å². The smallest absolute Gasteiger partial charge is 0.307 e. The SMILES string of the molecule is CCOC(=O)CCN(Cc1ccncc1)C(=O)c1ccc(OC)cc1. The Morgan fingerprint density at radius 3 is 2.36 bits per heavy atom. The maximum atomic E-state index is 12.8. The zero-order valence-electron chi connectivity index (χ0n) is 14.5. The number of pyridine rings is 1. The number of nitrogens with zero attached hydrogens (tertiary/aromatic N) is 2. The Balaban J connectivity index is 2.13. The molecule has 0 spiro atoms. The molecule has 1 aromatic carbocycles. The fourth-order valence-electron chi connectivity index (χ4n) is 2.34. The van der Waals surface area contributed by atoms with Crippen molar-refractivity contribution in [3.63, 3.8) is 0 Å². The lowest BCUT2D eigenvalue weighted by molar-refractivity contribution is -0.143. The third-order valence-corrected chi connectivity index (χ3v) is 3.64. The number of carbonyl (C=O) groups excluding carboxylic acids is 2. The van der Waals surface area contributed by atoms with Crippen LogP contribution in [0, 0.1) is 0 Å². The van der Waals surface area contributed by atoms with Crippen LogP contribution in [0.4, 0.5) is 0 Å². The highest BCUT2D eigenvalue weighted by atomic mass is 16.5. The molecule has 25 heavy (non-hydrogen) atoms. The monoisotopic (exact) mass is 342 g/mol. The first-order valence-corrected chi connectivity index (χ1v) is 8.12. The van der Waals surface area contributed by atoms with Gasteiger partial charge in [0.25, 0.3) is 5.91 Å². The van der Waals surface area contributed by atoms with Crippen LogP contribution in [0.1, 0.15) is 29.3 Å². The molecular formula is C19H22N2O4. The van der Waals surface area contributed by atoms with Crippen molar-refractivity contribution < 1.29 is 19.1 Å². The molecule has 0 aliphatic carbocycles. The van der Waals surface area contributed by atoms with Crippen LogP contribution in [-0.2, 0) is 16.1 Å². The van der Waals surface area contributed by atoms with E-state index in [0.29, 0.717) is 24.5 Å². The number of hydrogen-bond donors (Lipinski definition) is 0.